The highest BCUT2D eigenvalue weighted by Crippen LogP contribution is 2.54. The van der Waals surface area contributed by atoms with E-state index >= 15 is 0 Å². The maximum absolute atomic E-state index is 13.1. The minimum atomic E-state index is -4.84. The van der Waals surface area contributed by atoms with Gasteiger partial charge >= 0.3 is 0 Å². The molecule has 2 aromatic carbocycles. The molecule has 1 aliphatic heterocycles. The van der Waals surface area contributed by atoms with Gasteiger partial charge < -0.3 is 29.4 Å². The van der Waals surface area contributed by atoms with Gasteiger partial charge in [-0.2, -0.15) is 0 Å². The number of ether oxygens (including phenoxy) is 1. The van der Waals surface area contributed by atoms with Crippen molar-refractivity contribution in [2.45, 2.75) is 0 Å². The second-order valence-corrected chi connectivity index (χ2v) is 7.63. The number of hydrogen-bond donors (Lipinski definition) is 5. The fourth-order valence-corrected chi connectivity index (χ4v) is 4.38. The van der Waals surface area contributed by atoms with Crippen molar-refractivity contribution in [2.24, 2.45) is 0 Å². The van der Waals surface area contributed by atoms with Gasteiger partial charge in [0.05, 0.1) is 22.5 Å². The van der Waals surface area contributed by atoms with Crippen LogP contribution in [-0.2, 0) is 4.57 Å². The minimum absolute atomic E-state index is 0.582. The number of carboxylic acid groups (broad SMARTS) is 2. The third-order valence-electron chi connectivity index (χ3n) is 3.86. The van der Waals surface area contributed by atoms with Crippen LogP contribution in [0.15, 0.2) is 24.3 Å². The molecule has 0 saturated heterocycles. The summed E-state index contributed by atoms with van der Waals surface area (Å²) in [7, 11) is -4.84. The Bertz CT molecular complexity index is 986. The number of benzene rings is 2. The van der Waals surface area contributed by atoms with Crippen molar-refractivity contribution in [3.63, 3.8) is 0 Å². The molecule has 0 saturated carbocycles. The molecule has 13 nitrogen and oxygen atoms in total. The van der Waals surface area contributed by atoms with Crippen LogP contribution >= 0.6 is 7.37 Å². The third-order valence-corrected chi connectivity index (χ3v) is 5.83. The molecule has 0 unspecified atom stereocenters. The first kappa shape index (κ1) is 19.6. The smallest absolute Gasteiger partial charge is 0.266 e. The molecule has 3 rings (SSSR count). The number of anilines is 2. The molecule has 5 N–H and O–H groups in total. The van der Waals surface area contributed by atoms with Crippen LogP contribution in [0.4, 0.5) is 11.4 Å². The van der Waals surface area contributed by atoms with Gasteiger partial charge in [-0.3, -0.25) is 25.4 Å². The molecule has 2 aromatic rings. The summed E-state index contributed by atoms with van der Waals surface area (Å²) in [5.74, 6) is -5.04. The second-order valence-electron chi connectivity index (χ2n) is 5.52. The molecular weight excluding hydrogens is 403 g/mol. The number of fused-ring (bicyclic) bond motifs is 2. The van der Waals surface area contributed by atoms with Crippen molar-refractivity contribution in [3.8, 4) is 11.5 Å². The highest BCUT2D eigenvalue weighted by atomic mass is 31.2. The number of aromatic carboxylic acids is 2. The summed E-state index contributed by atoms with van der Waals surface area (Å²) in [5, 5.41) is 57.0. The molecule has 0 radical (unpaired) electrons. The second kappa shape index (κ2) is 6.45. The molecule has 0 spiro atoms. The summed E-state index contributed by atoms with van der Waals surface area (Å²) in [5.41, 5.74) is -3.00. The van der Waals surface area contributed by atoms with E-state index in [1.807, 2.05) is 0 Å². The monoisotopic (exact) mass is 412 g/mol. The summed E-state index contributed by atoms with van der Waals surface area (Å²) >= 11 is 0. The first-order valence-electron chi connectivity index (χ1n) is 7.11. The maximum atomic E-state index is 13.1. The van der Waals surface area contributed by atoms with E-state index in [0.29, 0.717) is 24.3 Å². The van der Waals surface area contributed by atoms with Gasteiger partial charge in [0.2, 0.25) is 0 Å². The van der Waals surface area contributed by atoms with Crippen LogP contribution in [0.2, 0.25) is 0 Å². The Morgan fingerprint density at radius 2 is 1.18 bits per heavy atom. The average molecular weight is 412 g/mol. The lowest BCUT2D eigenvalue weighted by atomic mass is 10.1. The molecular formula is C14H9N2O11P-2. The number of carboxylic acids is 2. The Hall–Kier alpha value is -3.19. The van der Waals surface area contributed by atoms with Crippen LogP contribution < -0.4 is 36.0 Å². The molecule has 0 aromatic heterocycles. The molecule has 0 atom stereocenters. The normalized spacial score (nSPS) is 13.8. The Balaban J connectivity index is 2.40. The van der Waals surface area contributed by atoms with Gasteiger partial charge in [-0.25, -0.2) is 0 Å². The molecule has 0 aliphatic carbocycles. The fourth-order valence-electron chi connectivity index (χ4n) is 2.62. The van der Waals surface area contributed by atoms with Gasteiger partial charge in [0, 0.05) is 11.1 Å². The number of rotatable bonds is 4. The predicted molar refractivity (Wildman–Crippen MR) is 82.8 cm³/mol. The Morgan fingerprint density at radius 3 is 1.46 bits per heavy atom. The standard InChI is InChI=1S/C14H11N2O11P/c17-13(18)5-1-7(15(21)22)11-9(3-5)28(25,26)10-4-6(14(19)20)2-8(16(23)24)12(10)27-11/h1-4,21-24H,(H,17,18)(H,19,20)(H,25,26)/p-2. The van der Waals surface area contributed by atoms with E-state index in [0.717, 1.165) is 0 Å². The fraction of sp³-hybridized carbons (Fsp3) is 0. The summed E-state index contributed by atoms with van der Waals surface area (Å²) in [6.07, 6.45) is 0. The van der Waals surface area contributed by atoms with Gasteiger partial charge in [-0.05, 0) is 24.3 Å². The molecule has 1 aliphatic rings. The molecule has 14 heteroatoms. The van der Waals surface area contributed by atoms with Crippen LogP contribution in [0.5, 0.6) is 11.5 Å². The van der Waals surface area contributed by atoms with Crippen LogP contribution in [0.1, 0.15) is 20.7 Å². The summed E-state index contributed by atoms with van der Waals surface area (Å²) in [6, 6.07) is 2.65. The summed E-state index contributed by atoms with van der Waals surface area (Å²) < 4.78 is 18.3. The molecule has 0 amide bonds. The number of carbonyl (C=O) groups is 2. The van der Waals surface area contributed by atoms with Gasteiger partial charge in [-0.1, -0.05) is 0 Å². The van der Waals surface area contributed by atoms with Crippen molar-refractivity contribution in [1.82, 2.24) is 0 Å². The van der Waals surface area contributed by atoms with Gasteiger partial charge in [0.1, 0.15) is 11.4 Å². The minimum Gasteiger partial charge on any atom is -0.545 e. The zero-order chi connectivity index (χ0) is 21.0. The molecule has 28 heavy (non-hydrogen) atoms. The van der Waals surface area contributed by atoms with E-state index in [-0.39, 0.29) is 0 Å². The van der Waals surface area contributed by atoms with Gasteiger partial charge in [-0.15, -0.1) is 10.5 Å². The Morgan fingerprint density at radius 1 is 0.821 bits per heavy atom. The lowest BCUT2D eigenvalue weighted by molar-refractivity contribution is -0.256. The van der Waals surface area contributed by atoms with E-state index < -0.39 is 74.4 Å². The van der Waals surface area contributed by atoms with Gasteiger partial charge in [0.15, 0.2) is 11.5 Å². The van der Waals surface area contributed by atoms with Crippen LogP contribution in [-0.4, -0.2) is 37.7 Å². The zero-order valence-electron chi connectivity index (χ0n) is 13.3. The van der Waals surface area contributed by atoms with Crippen molar-refractivity contribution in [1.29, 1.82) is 0 Å². The van der Waals surface area contributed by atoms with Crippen molar-refractivity contribution in [2.75, 3.05) is 10.5 Å². The highest BCUT2D eigenvalue weighted by molar-refractivity contribution is 7.74. The zero-order valence-corrected chi connectivity index (χ0v) is 14.2. The van der Waals surface area contributed by atoms with Gasteiger partial charge in [0.25, 0.3) is 7.37 Å². The van der Waals surface area contributed by atoms with Crippen LogP contribution in [0.3, 0.4) is 0 Å². The average Bonchev–Trinajstić information content (AvgIpc) is 2.59. The van der Waals surface area contributed by atoms with Crippen LogP contribution in [0, 0.1) is 0 Å². The molecule has 0 fully saturated rings. The Kier molecular flexibility index (Phi) is 4.51. The number of nitrogens with zero attached hydrogens (tertiary/aromatic N) is 2. The summed E-state index contributed by atoms with van der Waals surface area (Å²) in [6.45, 7) is 0. The van der Waals surface area contributed by atoms with E-state index in [4.69, 9.17) is 4.74 Å². The quantitative estimate of drug-likeness (QED) is 0.269. The van der Waals surface area contributed by atoms with Crippen LogP contribution in [0.25, 0.3) is 0 Å². The Labute approximate surface area is 154 Å². The predicted octanol–water partition coefficient (Wildman–Crippen LogP) is -2.09. The van der Waals surface area contributed by atoms with E-state index in [2.05, 4.69) is 0 Å². The van der Waals surface area contributed by atoms with Crippen molar-refractivity contribution in [3.05, 3.63) is 35.4 Å². The van der Waals surface area contributed by atoms with Crippen molar-refractivity contribution < 1.29 is 54.8 Å². The largest absolute Gasteiger partial charge is 0.545 e. The van der Waals surface area contributed by atoms with Crippen molar-refractivity contribution >= 4 is 41.3 Å². The number of carbonyl (C=O) groups excluding carboxylic acids is 2. The maximum Gasteiger partial charge on any atom is 0.266 e. The lowest BCUT2D eigenvalue weighted by Crippen LogP contribution is -2.32. The number of hydrogen-bond acceptors (Lipinski definition) is 12. The van der Waals surface area contributed by atoms with E-state index in [1.165, 1.54) is 0 Å². The molecule has 0 bridgehead atoms. The SMILES string of the molecule is O=C([O-])c1cc(N(O)O)c2c(c1)P(=O)(O)c1cc(C(=O)[O-])cc(N(O)O)c1O2. The van der Waals surface area contributed by atoms with E-state index in [9.17, 15) is 50.1 Å². The lowest BCUT2D eigenvalue weighted by Gasteiger charge is -2.30. The topological polar surface area (TPSA) is 214 Å². The first-order chi connectivity index (χ1) is 12.9. The summed E-state index contributed by atoms with van der Waals surface area (Å²) in [4.78, 5) is 32.9. The molecule has 148 valence electrons. The molecule has 1 heterocycles. The third kappa shape index (κ3) is 2.93. The van der Waals surface area contributed by atoms with E-state index in [1.54, 1.807) is 0 Å². The first-order valence-corrected chi connectivity index (χ1v) is 8.77. The highest BCUT2D eigenvalue weighted by Gasteiger charge is 2.41.